The zero-order chi connectivity index (χ0) is 9.26. The average Bonchev–Trinajstić information content (AvgIpc) is 2.19. The minimum absolute atomic E-state index is 0.550. The number of rotatable bonds is 1. The smallest absolute Gasteiger partial charge is 0.172 e. The number of nitrogens with one attached hydrogen (secondary N) is 1. The second-order valence-corrected chi connectivity index (χ2v) is 2.70. The molecule has 3 N–H and O–H groups in total. The van der Waals surface area contributed by atoms with Gasteiger partial charge in [-0.05, 0) is 13.0 Å². The highest BCUT2D eigenvalue weighted by molar-refractivity contribution is 5.91. The van der Waals surface area contributed by atoms with E-state index in [0.717, 1.165) is 16.5 Å². The number of anilines is 1. The van der Waals surface area contributed by atoms with Crippen LogP contribution in [0.4, 0.5) is 5.82 Å². The van der Waals surface area contributed by atoms with Crippen LogP contribution in [0.5, 0.6) is 0 Å². The predicted molar refractivity (Wildman–Crippen MR) is 49.9 cm³/mol. The number of aromatic nitrogens is 3. The van der Waals surface area contributed by atoms with Gasteiger partial charge in [-0.2, -0.15) is 5.10 Å². The first kappa shape index (κ1) is 7.88. The molecule has 5 nitrogen and oxygen atoms in total. The van der Waals surface area contributed by atoms with Crippen LogP contribution in [0.3, 0.4) is 0 Å². The van der Waals surface area contributed by atoms with Crippen LogP contribution < -0.4 is 11.3 Å². The van der Waals surface area contributed by atoms with Crippen LogP contribution in [0, 0.1) is 6.92 Å². The van der Waals surface area contributed by atoms with Crippen molar-refractivity contribution in [1.29, 1.82) is 0 Å². The first-order valence-electron chi connectivity index (χ1n) is 3.86. The Hall–Kier alpha value is -1.75. The van der Waals surface area contributed by atoms with E-state index in [1.807, 2.05) is 13.0 Å². The summed E-state index contributed by atoms with van der Waals surface area (Å²) < 4.78 is 0. The molecule has 0 radical (unpaired) electrons. The molecule has 0 aliphatic rings. The number of hydrogen-bond donors (Lipinski definition) is 2. The molecule has 0 aromatic carbocycles. The SMILES string of the molecule is Cc1nnc(NN)c2cnccc12. The Bertz CT molecular complexity index is 439. The minimum Gasteiger partial charge on any atom is -0.306 e. The molecule has 0 saturated carbocycles. The Kier molecular flexibility index (Phi) is 1.79. The number of fused-ring (bicyclic) bond motifs is 1. The zero-order valence-electron chi connectivity index (χ0n) is 7.15. The minimum atomic E-state index is 0.550. The highest BCUT2D eigenvalue weighted by Crippen LogP contribution is 2.19. The summed E-state index contributed by atoms with van der Waals surface area (Å²) in [7, 11) is 0. The van der Waals surface area contributed by atoms with Crippen LogP contribution in [-0.4, -0.2) is 15.2 Å². The highest BCUT2D eigenvalue weighted by atomic mass is 15.3. The second-order valence-electron chi connectivity index (χ2n) is 2.70. The maximum absolute atomic E-state index is 5.29. The number of nitrogens with zero attached hydrogens (tertiary/aromatic N) is 3. The molecular weight excluding hydrogens is 166 g/mol. The third kappa shape index (κ3) is 1.19. The number of aryl methyl sites for hydroxylation is 1. The monoisotopic (exact) mass is 175 g/mol. The van der Waals surface area contributed by atoms with Crippen LogP contribution in [0.25, 0.3) is 10.8 Å². The number of hydrogen-bond acceptors (Lipinski definition) is 5. The van der Waals surface area contributed by atoms with E-state index in [1.165, 1.54) is 0 Å². The summed E-state index contributed by atoms with van der Waals surface area (Å²) in [5.41, 5.74) is 3.36. The number of nitrogen functional groups attached to an aromatic ring is 1. The van der Waals surface area contributed by atoms with E-state index >= 15 is 0 Å². The number of nitrogens with two attached hydrogens (primary N) is 1. The first-order valence-corrected chi connectivity index (χ1v) is 3.86. The Morgan fingerprint density at radius 2 is 2.15 bits per heavy atom. The molecule has 0 saturated heterocycles. The molecule has 5 heteroatoms. The van der Waals surface area contributed by atoms with Gasteiger partial charge in [0.25, 0.3) is 0 Å². The first-order chi connectivity index (χ1) is 6.33. The molecule has 0 fully saturated rings. The van der Waals surface area contributed by atoms with E-state index in [2.05, 4.69) is 20.6 Å². The fourth-order valence-corrected chi connectivity index (χ4v) is 1.24. The van der Waals surface area contributed by atoms with Crippen LogP contribution >= 0.6 is 0 Å². The zero-order valence-corrected chi connectivity index (χ0v) is 7.15. The standard InChI is InChI=1S/C8H9N5/c1-5-6-2-3-10-4-7(6)8(11-9)13-12-5/h2-4H,9H2,1H3,(H,11,13). The summed E-state index contributed by atoms with van der Waals surface area (Å²) in [6, 6.07) is 1.89. The van der Waals surface area contributed by atoms with E-state index in [-0.39, 0.29) is 0 Å². The fourth-order valence-electron chi connectivity index (χ4n) is 1.24. The largest absolute Gasteiger partial charge is 0.306 e. The molecule has 0 bridgehead atoms. The van der Waals surface area contributed by atoms with Gasteiger partial charge in [0.1, 0.15) is 0 Å². The highest BCUT2D eigenvalue weighted by Gasteiger charge is 2.03. The van der Waals surface area contributed by atoms with Crippen LogP contribution in [0.2, 0.25) is 0 Å². The third-order valence-corrected chi connectivity index (χ3v) is 1.90. The van der Waals surface area contributed by atoms with Crippen molar-refractivity contribution in [3.63, 3.8) is 0 Å². The summed E-state index contributed by atoms with van der Waals surface area (Å²) in [5.74, 6) is 5.84. The lowest BCUT2D eigenvalue weighted by atomic mass is 10.2. The van der Waals surface area contributed by atoms with Crippen molar-refractivity contribution >= 4 is 16.6 Å². The average molecular weight is 175 g/mol. The van der Waals surface area contributed by atoms with E-state index < -0.39 is 0 Å². The van der Waals surface area contributed by atoms with Gasteiger partial charge in [0.15, 0.2) is 5.82 Å². The molecule has 0 aliphatic carbocycles. The Morgan fingerprint density at radius 3 is 2.92 bits per heavy atom. The lowest BCUT2D eigenvalue weighted by Crippen LogP contribution is -2.10. The van der Waals surface area contributed by atoms with Crippen molar-refractivity contribution in [2.24, 2.45) is 5.84 Å². The van der Waals surface area contributed by atoms with Crippen molar-refractivity contribution in [1.82, 2.24) is 15.2 Å². The summed E-state index contributed by atoms with van der Waals surface area (Å²) in [5, 5.41) is 9.76. The van der Waals surface area contributed by atoms with Crippen LogP contribution in [0.15, 0.2) is 18.5 Å². The Labute approximate surface area is 75.0 Å². The molecule has 2 heterocycles. The van der Waals surface area contributed by atoms with Gasteiger partial charge in [0, 0.05) is 23.2 Å². The Balaban J connectivity index is 2.84. The molecule has 2 aromatic rings. The second kappa shape index (κ2) is 2.95. The van der Waals surface area contributed by atoms with Gasteiger partial charge in [0.05, 0.1) is 5.69 Å². The lowest BCUT2D eigenvalue weighted by molar-refractivity contribution is 0.994. The van der Waals surface area contributed by atoms with E-state index in [4.69, 9.17) is 5.84 Å². The number of pyridine rings is 1. The quantitative estimate of drug-likeness (QED) is 0.490. The van der Waals surface area contributed by atoms with E-state index in [9.17, 15) is 0 Å². The van der Waals surface area contributed by atoms with Gasteiger partial charge < -0.3 is 5.43 Å². The Morgan fingerprint density at radius 1 is 1.31 bits per heavy atom. The maximum atomic E-state index is 5.29. The van der Waals surface area contributed by atoms with Crippen molar-refractivity contribution < 1.29 is 0 Å². The maximum Gasteiger partial charge on any atom is 0.172 e. The van der Waals surface area contributed by atoms with E-state index in [1.54, 1.807) is 12.4 Å². The fraction of sp³-hybridized carbons (Fsp3) is 0.125. The molecule has 66 valence electrons. The third-order valence-electron chi connectivity index (χ3n) is 1.90. The molecule has 2 rings (SSSR count). The normalized spacial score (nSPS) is 10.3. The predicted octanol–water partition coefficient (Wildman–Crippen LogP) is 0.619. The summed E-state index contributed by atoms with van der Waals surface area (Å²) in [6.07, 6.45) is 3.43. The molecule has 13 heavy (non-hydrogen) atoms. The van der Waals surface area contributed by atoms with Crippen LogP contribution in [0.1, 0.15) is 5.69 Å². The molecule has 0 atom stereocenters. The van der Waals surface area contributed by atoms with Crippen molar-refractivity contribution in [2.45, 2.75) is 6.92 Å². The van der Waals surface area contributed by atoms with Gasteiger partial charge in [-0.1, -0.05) is 0 Å². The molecule has 0 spiro atoms. The molecule has 0 amide bonds. The van der Waals surface area contributed by atoms with Gasteiger partial charge in [-0.25, -0.2) is 5.84 Å². The van der Waals surface area contributed by atoms with Crippen molar-refractivity contribution in [2.75, 3.05) is 5.43 Å². The summed E-state index contributed by atoms with van der Waals surface area (Å²) in [6.45, 7) is 1.90. The van der Waals surface area contributed by atoms with Crippen LogP contribution in [-0.2, 0) is 0 Å². The number of hydrazine groups is 1. The molecular formula is C8H9N5. The van der Waals surface area contributed by atoms with Crippen molar-refractivity contribution in [3.8, 4) is 0 Å². The lowest BCUT2D eigenvalue weighted by Gasteiger charge is -2.04. The van der Waals surface area contributed by atoms with Gasteiger partial charge in [0.2, 0.25) is 0 Å². The summed E-state index contributed by atoms with van der Waals surface area (Å²) in [4.78, 5) is 4.00. The van der Waals surface area contributed by atoms with Gasteiger partial charge in [-0.15, -0.1) is 5.10 Å². The van der Waals surface area contributed by atoms with Gasteiger partial charge in [-0.3, -0.25) is 4.98 Å². The molecule has 0 aliphatic heterocycles. The molecule has 0 unspecified atom stereocenters. The molecule has 2 aromatic heterocycles. The van der Waals surface area contributed by atoms with Gasteiger partial charge >= 0.3 is 0 Å². The summed E-state index contributed by atoms with van der Waals surface area (Å²) >= 11 is 0. The van der Waals surface area contributed by atoms with E-state index in [0.29, 0.717) is 5.82 Å². The topological polar surface area (TPSA) is 76.7 Å². The van der Waals surface area contributed by atoms with Crippen molar-refractivity contribution in [3.05, 3.63) is 24.2 Å².